The highest BCUT2D eigenvalue weighted by Crippen LogP contribution is 2.49. The smallest absolute Gasteiger partial charge is 0.245 e. The molecule has 37 heavy (non-hydrogen) atoms. The number of rotatable bonds is 12. The third kappa shape index (κ3) is 7.21. The van der Waals surface area contributed by atoms with Crippen molar-refractivity contribution in [2.75, 3.05) is 59.4 Å². The minimum absolute atomic E-state index is 0.109. The molecule has 1 saturated carbocycles. The minimum Gasteiger partial charge on any atom is -0.497 e. The van der Waals surface area contributed by atoms with Gasteiger partial charge < -0.3 is 24.2 Å². The fourth-order valence-electron chi connectivity index (χ4n) is 5.38. The molecule has 202 valence electrons. The molecule has 1 atom stereocenters. The van der Waals surface area contributed by atoms with Crippen molar-refractivity contribution in [1.29, 1.82) is 0 Å². The summed E-state index contributed by atoms with van der Waals surface area (Å²) in [5, 5.41) is -0.371. The largest absolute Gasteiger partial charge is 0.497 e. The first-order chi connectivity index (χ1) is 18.0. The van der Waals surface area contributed by atoms with Crippen LogP contribution in [-0.2, 0) is 4.79 Å². The molecule has 1 amide bonds. The molecule has 1 aliphatic heterocycles. The first-order valence-electron chi connectivity index (χ1n) is 13.7. The Morgan fingerprint density at radius 3 is 2.54 bits per heavy atom. The number of carbonyl (C=O) groups is 1. The Kier molecular flexibility index (Phi) is 10.2. The van der Waals surface area contributed by atoms with Crippen molar-refractivity contribution in [2.24, 2.45) is 0 Å². The Morgan fingerprint density at radius 1 is 1.00 bits per heavy atom. The fourth-order valence-corrected chi connectivity index (χ4v) is 6.63. The van der Waals surface area contributed by atoms with Gasteiger partial charge in [0.15, 0.2) is 0 Å². The molecule has 0 aromatic heterocycles. The number of methoxy groups -OCH3 is 1. The number of anilines is 1. The van der Waals surface area contributed by atoms with E-state index in [4.69, 9.17) is 9.47 Å². The average Bonchev–Trinajstić information content (AvgIpc) is 2.92. The van der Waals surface area contributed by atoms with Crippen molar-refractivity contribution < 1.29 is 14.3 Å². The predicted molar refractivity (Wildman–Crippen MR) is 153 cm³/mol. The van der Waals surface area contributed by atoms with Gasteiger partial charge in [-0.05, 0) is 83.7 Å². The van der Waals surface area contributed by atoms with E-state index >= 15 is 0 Å². The van der Waals surface area contributed by atoms with Crippen LogP contribution in [0, 0.1) is 0 Å². The molecule has 4 rings (SSSR count). The lowest BCUT2D eigenvalue weighted by atomic mass is 9.94. The molecule has 7 heteroatoms. The van der Waals surface area contributed by atoms with Crippen LogP contribution in [0.25, 0.3) is 0 Å². The topological polar surface area (TPSA) is 45.3 Å². The molecule has 1 fully saturated rings. The van der Waals surface area contributed by atoms with E-state index in [1.807, 2.05) is 35.2 Å². The lowest BCUT2D eigenvalue weighted by Gasteiger charge is -2.34. The Labute approximate surface area is 227 Å². The maximum absolute atomic E-state index is 13.9. The maximum atomic E-state index is 13.9. The molecular formula is C30H43N3O3S. The van der Waals surface area contributed by atoms with Gasteiger partial charge in [0.05, 0.1) is 19.4 Å². The SMILES string of the molecule is COc1ccc(OCCCN(C)C2CCCCC2)c(C2Sc3ccccc3N(CCCN(C)C)C2=O)c1. The zero-order valence-electron chi connectivity index (χ0n) is 22.9. The monoisotopic (exact) mass is 525 g/mol. The standard InChI is InChI=1S/C30H43N3O3S/c1-31(2)18-10-20-33-26-14-8-9-15-28(26)37-29(30(33)34)25-22-24(35-4)16-17-27(25)36-21-11-19-32(3)23-12-6-5-7-13-23/h8-9,14-17,22-23,29H,5-7,10-13,18-21H2,1-4H3. The number of para-hydroxylation sites is 1. The van der Waals surface area contributed by atoms with E-state index < -0.39 is 0 Å². The molecule has 0 N–H and O–H groups in total. The summed E-state index contributed by atoms with van der Waals surface area (Å²) in [6.45, 7) is 3.29. The van der Waals surface area contributed by atoms with Crippen LogP contribution in [0.5, 0.6) is 11.5 Å². The quantitative estimate of drug-likeness (QED) is 0.324. The molecular weight excluding hydrogens is 482 g/mol. The Bertz CT molecular complexity index is 1020. The molecule has 0 bridgehead atoms. The molecule has 1 unspecified atom stereocenters. The number of hydrogen-bond donors (Lipinski definition) is 0. The summed E-state index contributed by atoms with van der Waals surface area (Å²) in [7, 11) is 8.04. The van der Waals surface area contributed by atoms with Gasteiger partial charge in [-0.1, -0.05) is 31.4 Å². The van der Waals surface area contributed by atoms with E-state index in [0.29, 0.717) is 19.2 Å². The minimum atomic E-state index is -0.371. The second-order valence-electron chi connectivity index (χ2n) is 10.5. The third-order valence-corrected chi connectivity index (χ3v) is 8.78. The van der Waals surface area contributed by atoms with Gasteiger partial charge in [-0.3, -0.25) is 4.79 Å². The first kappa shape index (κ1) is 27.8. The summed E-state index contributed by atoms with van der Waals surface area (Å²) in [5.74, 6) is 1.63. The van der Waals surface area contributed by atoms with Crippen molar-refractivity contribution in [3.05, 3.63) is 48.0 Å². The van der Waals surface area contributed by atoms with Crippen LogP contribution < -0.4 is 14.4 Å². The van der Waals surface area contributed by atoms with E-state index in [2.05, 4.69) is 43.1 Å². The van der Waals surface area contributed by atoms with Gasteiger partial charge in [-0.25, -0.2) is 0 Å². The van der Waals surface area contributed by atoms with Crippen LogP contribution in [0.2, 0.25) is 0 Å². The third-order valence-electron chi connectivity index (χ3n) is 7.49. The predicted octanol–water partition coefficient (Wildman–Crippen LogP) is 5.86. The van der Waals surface area contributed by atoms with Gasteiger partial charge in [0.25, 0.3) is 0 Å². The lowest BCUT2D eigenvalue weighted by molar-refractivity contribution is -0.118. The van der Waals surface area contributed by atoms with Gasteiger partial charge in [-0.15, -0.1) is 11.8 Å². The molecule has 2 aliphatic rings. The van der Waals surface area contributed by atoms with E-state index in [-0.39, 0.29) is 11.2 Å². The van der Waals surface area contributed by atoms with Gasteiger partial charge in [0.2, 0.25) is 5.91 Å². The van der Waals surface area contributed by atoms with Crippen molar-refractivity contribution in [3.63, 3.8) is 0 Å². The van der Waals surface area contributed by atoms with Gasteiger partial charge in [-0.2, -0.15) is 0 Å². The number of thioether (sulfide) groups is 1. The molecule has 2 aromatic carbocycles. The maximum Gasteiger partial charge on any atom is 0.245 e. The summed E-state index contributed by atoms with van der Waals surface area (Å²) >= 11 is 1.61. The fraction of sp³-hybridized carbons (Fsp3) is 0.567. The summed E-state index contributed by atoms with van der Waals surface area (Å²) in [6, 6.07) is 14.8. The van der Waals surface area contributed by atoms with Gasteiger partial charge >= 0.3 is 0 Å². The van der Waals surface area contributed by atoms with Crippen LogP contribution in [0.15, 0.2) is 47.4 Å². The number of benzene rings is 2. The zero-order chi connectivity index (χ0) is 26.2. The Morgan fingerprint density at radius 2 is 1.78 bits per heavy atom. The van der Waals surface area contributed by atoms with E-state index in [9.17, 15) is 4.79 Å². The van der Waals surface area contributed by atoms with Gasteiger partial charge in [0, 0.05) is 29.6 Å². The molecule has 0 saturated heterocycles. The van der Waals surface area contributed by atoms with Crippen LogP contribution in [0.4, 0.5) is 5.69 Å². The molecule has 0 radical (unpaired) electrons. The highest BCUT2D eigenvalue weighted by Gasteiger charge is 2.36. The van der Waals surface area contributed by atoms with E-state index in [1.54, 1.807) is 18.9 Å². The first-order valence-corrected chi connectivity index (χ1v) is 14.6. The summed E-state index contributed by atoms with van der Waals surface area (Å²) < 4.78 is 11.9. The van der Waals surface area contributed by atoms with Crippen LogP contribution in [-0.4, -0.2) is 76.2 Å². The number of carbonyl (C=O) groups excluding carboxylic acids is 1. The summed E-state index contributed by atoms with van der Waals surface area (Å²) in [6.07, 6.45) is 8.58. The molecule has 0 spiro atoms. The van der Waals surface area contributed by atoms with Crippen molar-refractivity contribution in [2.45, 2.75) is 61.1 Å². The van der Waals surface area contributed by atoms with Crippen LogP contribution >= 0.6 is 11.8 Å². The second-order valence-corrected chi connectivity index (χ2v) is 11.6. The average molecular weight is 526 g/mol. The summed E-state index contributed by atoms with van der Waals surface area (Å²) in [5.41, 5.74) is 1.89. The van der Waals surface area contributed by atoms with Crippen molar-refractivity contribution in [3.8, 4) is 11.5 Å². The summed E-state index contributed by atoms with van der Waals surface area (Å²) in [4.78, 5) is 21.6. The number of hydrogen-bond acceptors (Lipinski definition) is 6. The second kappa shape index (κ2) is 13.5. The molecule has 2 aromatic rings. The highest BCUT2D eigenvalue weighted by atomic mass is 32.2. The Hall–Kier alpha value is -2.22. The van der Waals surface area contributed by atoms with Crippen LogP contribution in [0.3, 0.4) is 0 Å². The van der Waals surface area contributed by atoms with Crippen LogP contribution in [0.1, 0.15) is 55.8 Å². The number of ether oxygens (including phenoxy) is 2. The number of fused-ring (bicyclic) bond motifs is 1. The van der Waals surface area contributed by atoms with E-state index in [1.165, 1.54) is 32.1 Å². The highest BCUT2D eigenvalue weighted by molar-refractivity contribution is 8.00. The van der Waals surface area contributed by atoms with Crippen molar-refractivity contribution in [1.82, 2.24) is 9.80 Å². The van der Waals surface area contributed by atoms with Gasteiger partial charge in [0.1, 0.15) is 16.7 Å². The number of nitrogens with zero attached hydrogens (tertiary/aromatic N) is 3. The Balaban J connectivity index is 1.48. The number of amides is 1. The zero-order valence-corrected chi connectivity index (χ0v) is 23.8. The molecule has 1 aliphatic carbocycles. The van der Waals surface area contributed by atoms with Crippen molar-refractivity contribution >= 4 is 23.4 Å². The van der Waals surface area contributed by atoms with E-state index in [0.717, 1.165) is 53.6 Å². The molecule has 1 heterocycles. The lowest BCUT2D eigenvalue weighted by Crippen LogP contribution is -2.39. The molecule has 6 nitrogen and oxygen atoms in total. The normalized spacial score (nSPS) is 18.4.